The van der Waals surface area contributed by atoms with Crippen molar-refractivity contribution in [1.29, 1.82) is 0 Å². The number of hydrogen-bond donors (Lipinski definition) is 0. The Bertz CT molecular complexity index is 1180. The molecule has 0 amide bonds. The fourth-order valence-corrected chi connectivity index (χ4v) is 12.1. The molecule has 4 aliphatic carbocycles. The molecule has 4 nitrogen and oxygen atoms in total. The minimum absolute atomic E-state index is 0.149. The van der Waals surface area contributed by atoms with Gasteiger partial charge in [-0.05, 0) is 67.8 Å². The van der Waals surface area contributed by atoms with Gasteiger partial charge in [0.1, 0.15) is 18.3 Å². The van der Waals surface area contributed by atoms with Gasteiger partial charge in [-0.2, -0.15) is 11.8 Å². The Kier molecular flexibility index (Phi) is 7.39. The zero-order valence-electron chi connectivity index (χ0n) is 24.8. The normalized spacial score (nSPS) is 41.7. The van der Waals surface area contributed by atoms with Crippen LogP contribution in [0.25, 0.3) is 0 Å². The molecule has 40 heavy (non-hydrogen) atoms. The lowest BCUT2D eigenvalue weighted by Gasteiger charge is -2.59. The van der Waals surface area contributed by atoms with Gasteiger partial charge in [0.05, 0.1) is 5.41 Å². The molecule has 1 heterocycles. The van der Waals surface area contributed by atoms with Crippen LogP contribution in [0.5, 0.6) is 0 Å². The zero-order valence-corrected chi connectivity index (χ0v) is 25.6. The lowest BCUT2D eigenvalue weighted by molar-refractivity contribution is -0.182. The number of ether oxygens (including phenoxy) is 1. The van der Waals surface area contributed by atoms with Gasteiger partial charge in [-0.25, -0.2) is 0 Å². The number of nitrogens with zero attached hydrogens (tertiary/aromatic N) is 1. The molecule has 6 rings (SSSR count). The lowest BCUT2D eigenvalue weighted by atomic mass is 9.43. The van der Waals surface area contributed by atoms with E-state index in [-0.39, 0.29) is 35.7 Å². The van der Waals surface area contributed by atoms with Gasteiger partial charge in [-0.15, -0.1) is 0 Å². The Hall–Kier alpha value is -1.85. The topological polar surface area (TPSA) is 46.6 Å². The summed E-state index contributed by atoms with van der Waals surface area (Å²) in [6, 6.07) is 11.3. The third-order valence-electron chi connectivity index (χ3n) is 11.9. The number of benzene rings is 1. The highest BCUT2D eigenvalue weighted by molar-refractivity contribution is 8.00. The molecule has 0 N–H and O–H groups in total. The van der Waals surface area contributed by atoms with Crippen molar-refractivity contribution in [2.24, 2.45) is 45.8 Å². The molecule has 3 saturated carbocycles. The van der Waals surface area contributed by atoms with Crippen LogP contribution < -0.4 is 0 Å². The largest absolute Gasteiger partial charge is 0.461 e. The summed E-state index contributed by atoms with van der Waals surface area (Å²) in [5.41, 5.74) is 0.795. The SMILES string of the molecule is C=CCOC(=O)[C@@]12C(C(C)C)=C[C@H]3C[C@]1(C=O)[C@@H]1CC[C@@H](C)[C@H]1C[C@]32CS[C@@H]1C[C@H](C)N(Cc2ccccc2)C1. The second-order valence-electron chi connectivity index (χ2n) is 14.0. The van der Waals surface area contributed by atoms with Crippen molar-refractivity contribution in [2.75, 3.05) is 18.9 Å². The molecule has 5 aliphatic rings. The quantitative estimate of drug-likeness (QED) is 0.176. The third kappa shape index (κ3) is 3.82. The summed E-state index contributed by atoms with van der Waals surface area (Å²) in [7, 11) is 0. The number of rotatable bonds is 10. The molecule has 9 atom stereocenters. The monoisotopic (exact) mass is 561 g/mol. The summed E-state index contributed by atoms with van der Waals surface area (Å²) < 4.78 is 6.04. The number of carbonyl (C=O) groups excluding carboxylic acids is 2. The number of allylic oxidation sites excluding steroid dienone is 1. The van der Waals surface area contributed by atoms with Gasteiger partial charge in [0.15, 0.2) is 0 Å². The predicted octanol–water partition coefficient (Wildman–Crippen LogP) is 6.95. The fraction of sp³-hybridized carbons (Fsp3) is 0.657. The van der Waals surface area contributed by atoms with Crippen molar-refractivity contribution in [3.8, 4) is 0 Å². The van der Waals surface area contributed by atoms with E-state index in [9.17, 15) is 9.59 Å². The third-order valence-corrected chi connectivity index (χ3v) is 13.4. The second kappa shape index (κ2) is 10.5. The lowest BCUT2D eigenvalue weighted by Crippen LogP contribution is -2.63. The second-order valence-corrected chi connectivity index (χ2v) is 15.3. The van der Waals surface area contributed by atoms with E-state index in [0.29, 0.717) is 23.1 Å². The first-order valence-corrected chi connectivity index (χ1v) is 16.6. The summed E-state index contributed by atoms with van der Waals surface area (Å²) >= 11 is 2.09. The van der Waals surface area contributed by atoms with Crippen LogP contribution in [-0.2, 0) is 20.9 Å². The van der Waals surface area contributed by atoms with E-state index in [0.717, 1.165) is 50.9 Å². The number of carbonyl (C=O) groups is 2. The highest BCUT2D eigenvalue weighted by atomic mass is 32.2. The summed E-state index contributed by atoms with van der Waals surface area (Å²) in [5.74, 6) is 2.62. The van der Waals surface area contributed by atoms with E-state index in [1.54, 1.807) is 6.08 Å². The highest BCUT2D eigenvalue weighted by Crippen LogP contribution is 2.83. The van der Waals surface area contributed by atoms with Crippen LogP contribution in [0.1, 0.15) is 65.4 Å². The van der Waals surface area contributed by atoms with E-state index in [1.165, 1.54) is 17.4 Å². The van der Waals surface area contributed by atoms with Crippen LogP contribution in [0.2, 0.25) is 0 Å². The average molecular weight is 562 g/mol. The molecule has 1 aromatic rings. The molecular weight excluding hydrogens is 514 g/mol. The van der Waals surface area contributed by atoms with Crippen molar-refractivity contribution in [2.45, 2.75) is 77.6 Å². The van der Waals surface area contributed by atoms with Gasteiger partial charge in [0.25, 0.3) is 0 Å². The van der Waals surface area contributed by atoms with E-state index in [1.807, 2.05) is 0 Å². The van der Waals surface area contributed by atoms with Crippen LogP contribution in [0, 0.1) is 45.8 Å². The average Bonchev–Trinajstić information content (AvgIpc) is 3.63. The van der Waals surface area contributed by atoms with Crippen molar-refractivity contribution in [1.82, 2.24) is 4.90 Å². The van der Waals surface area contributed by atoms with Gasteiger partial charge in [-0.1, -0.05) is 81.8 Å². The molecular formula is C35H47NO3S. The molecule has 4 bridgehead atoms. The van der Waals surface area contributed by atoms with Crippen LogP contribution in [0.3, 0.4) is 0 Å². The van der Waals surface area contributed by atoms with Crippen molar-refractivity contribution in [3.63, 3.8) is 0 Å². The van der Waals surface area contributed by atoms with Crippen molar-refractivity contribution >= 4 is 24.0 Å². The fourth-order valence-electron chi connectivity index (χ4n) is 10.3. The van der Waals surface area contributed by atoms with Gasteiger partial charge in [0.2, 0.25) is 0 Å². The minimum atomic E-state index is -0.851. The number of hydrogen-bond acceptors (Lipinski definition) is 5. The molecule has 1 saturated heterocycles. The molecule has 0 unspecified atom stereocenters. The molecule has 4 fully saturated rings. The minimum Gasteiger partial charge on any atom is -0.461 e. The van der Waals surface area contributed by atoms with Gasteiger partial charge in [-0.3, -0.25) is 9.69 Å². The first kappa shape index (κ1) is 28.3. The Labute approximate surface area is 245 Å². The van der Waals surface area contributed by atoms with Crippen molar-refractivity contribution in [3.05, 3.63) is 60.2 Å². The summed E-state index contributed by atoms with van der Waals surface area (Å²) in [6.45, 7) is 15.2. The smallest absolute Gasteiger partial charge is 0.318 e. The molecule has 1 aromatic carbocycles. The van der Waals surface area contributed by atoms with E-state index >= 15 is 0 Å². The molecule has 216 valence electrons. The Morgan fingerprint density at radius 2 is 1.98 bits per heavy atom. The standard InChI is InChI=1S/C35H47NO3S/c1-6-14-39-32(38)35-31(23(2)3)16-27-17-33(35,21-37)30-13-12-24(4)29(30)18-34(27,35)22-40-28-15-25(5)36(20-28)19-26-10-8-7-9-11-26/h6-11,16,21,23-25,27-30H,1,12-15,17-20,22H2,2-5H3/t24-,25+,27+,28-,29-,30-,33+,34+,35+/m1/s1. The number of likely N-dealkylation sites (tertiary alicyclic amines) is 1. The summed E-state index contributed by atoms with van der Waals surface area (Å²) in [5, 5.41) is 0.529. The number of thioether (sulfide) groups is 1. The zero-order chi connectivity index (χ0) is 28.3. The number of aldehydes is 1. The first-order chi connectivity index (χ1) is 19.2. The Morgan fingerprint density at radius 3 is 2.67 bits per heavy atom. The number of esters is 1. The van der Waals surface area contributed by atoms with Crippen LogP contribution in [0.4, 0.5) is 0 Å². The van der Waals surface area contributed by atoms with E-state index in [2.05, 4.69) is 87.3 Å². The highest BCUT2D eigenvalue weighted by Gasteiger charge is 2.84. The maximum absolute atomic E-state index is 14.6. The van der Waals surface area contributed by atoms with Crippen LogP contribution in [0.15, 0.2) is 54.6 Å². The van der Waals surface area contributed by atoms with E-state index < -0.39 is 10.8 Å². The summed E-state index contributed by atoms with van der Waals surface area (Å²) in [4.78, 5) is 30.7. The molecule has 0 aromatic heterocycles. The molecule has 5 heteroatoms. The van der Waals surface area contributed by atoms with Crippen LogP contribution >= 0.6 is 11.8 Å². The van der Waals surface area contributed by atoms with Gasteiger partial charge in [0, 0.05) is 35.5 Å². The Morgan fingerprint density at radius 1 is 1.20 bits per heavy atom. The maximum Gasteiger partial charge on any atom is 0.318 e. The number of fused-ring (bicyclic) bond motifs is 2. The summed E-state index contributed by atoms with van der Waals surface area (Å²) in [6.07, 6.45) is 10.6. The molecule has 1 aliphatic heterocycles. The van der Waals surface area contributed by atoms with Gasteiger partial charge >= 0.3 is 5.97 Å². The Balaban J connectivity index is 1.35. The maximum atomic E-state index is 14.6. The predicted molar refractivity (Wildman–Crippen MR) is 163 cm³/mol. The van der Waals surface area contributed by atoms with Crippen LogP contribution in [-0.4, -0.2) is 47.4 Å². The first-order valence-electron chi connectivity index (χ1n) is 15.6. The van der Waals surface area contributed by atoms with E-state index in [4.69, 9.17) is 4.74 Å². The molecule has 0 spiro atoms. The van der Waals surface area contributed by atoms with Crippen molar-refractivity contribution < 1.29 is 14.3 Å². The van der Waals surface area contributed by atoms with Gasteiger partial charge < -0.3 is 9.53 Å². The molecule has 0 radical (unpaired) electrons.